The molecule has 0 saturated carbocycles. The van der Waals surface area contributed by atoms with Crippen LogP contribution < -0.4 is 9.30 Å². The number of hydrogen-bond acceptors (Lipinski definition) is 4. The molecule has 6 heteroatoms. The van der Waals surface area contributed by atoms with Crippen LogP contribution in [-0.4, -0.2) is 27.7 Å². The van der Waals surface area contributed by atoms with Crippen molar-refractivity contribution in [2.75, 3.05) is 7.11 Å². The van der Waals surface area contributed by atoms with E-state index in [-0.39, 0.29) is 11.8 Å². The van der Waals surface area contributed by atoms with Gasteiger partial charge in [-0.15, -0.1) is 4.68 Å². The van der Waals surface area contributed by atoms with E-state index in [1.165, 1.54) is 6.42 Å². The predicted octanol–water partition coefficient (Wildman–Crippen LogP) is 3.41. The van der Waals surface area contributed by atoms with Crippen molar-refractivity contribution in [3.8, 4) is 17.1 Å². The van der Waals surface area contributed by atoms with E-state index < -0.39 is 0 Å². The van der Waals surface area contributed by atoms with Crippen molar-refractivity contribution in [1.82, 2.24) is 14.8 Å². The first-order valence-electron chi connectivity index (χ1n) is 9.79. The molecule has 0 fully saturated rings. The molecule has 1 aliphatic heterocycles. The number of methoxy groups -OCH3 is 1. The zero-order valence-electron chi connectivity index (χ0n) is 16.3. The van der Waals surface area contributed by atoms with Crippen LogP contribution in [-0.2, 0) is 13.0 Å². The van der Waals surface area contributed by atoms with Crippen LogP contribution in [0.25, 0.3) is 11.4 Å². The summed E-state index contributed by atoms with van der Waals surface area (Å²) >= 11 is 0. The summed E-state index contributed by atoms with van der Waals surface area (Å²) in [6, 6.07) is 10.8. The number of carbonyl (C=O) groups excluding carboxylic acids is 1. The third-order valence-corrected chi connectivity index (χ3v) is 5.38. The number of pyridine rings is 1. The van der Waals surface area contributed by atoms with Crippen LogP contribution in [0.5, 0.6) is 5.75 Å². The number of rotatable bonds is 5. The summed E-state index contributed by atoms with van der Waals surface area (Å²) in [5.41, 5.74) is 1.70. The Morgan fingerprint density at radius 3 is 2.57 bits per heavy atom. The van der Waals surface area contributed by atoms with Gasteiger partial charge < -0.3 is 4.74 Å². The number of ketones is 1. The van der Waals surface area contributed by atoms with Gasteiger partial charge in [0.25, 0.3) is 0 Å². The molecule has 0 spiro atoms. The van der Waals surface area contributed by atoms with E-state index >= 15 is 0 Å². The number of nitrogens with zero attached hydrogens (tertiary/aromatic N) is 4. The minimum Gasteiger partial charge on any atom is -0.497 e. The highest BCUT2D eigenvalue weighted by atomic mass is 16.5. The molecule has 0 radical (unpaired) electrons. The molecular weight excluding hydrogens is 352 g/mol. The van der Waals surface area contributed by atoms with E-state index in [1.54, 1.807) is 19.5 Å². The van der Waals surface area contributed by atoms with Crippen LogP contribution in [0.15, 0.2) is 48.8 Å². The maximum absolute atomic E-state index is 13.1. The van der Waals surface area contributed by atoms with Crippen LogP contribution >= 0.6 is 0 Å². The first kappa shape index (κ1) is 18.3. The average Bonchev–Trinajstić information content (AvgIpc) is 2.94. The number of benzene rings is 1. The van der Waals surface area contributed by atoms with Gasteiger partial charge in [-0.3, -0.25) is 9.78 Å². The van der Waals surface area contributed by atoms with Crippen molar-refractivity contribution in [2.24, 2.45) is 0 Å². The second-order valence-electron chi connectivity index (χ2n) is 7.15. The Balaban J connectivity index is 1.73. The molecular formula is C22H25N4O2+. The summed E-state index contributed by atoms with van der Waals surface area (Å²) in [6.45, 7) is 2.86. The van der Waals surface area contributed by atoms with Gasteiger partial charge >= 0.3 is 5.82 Å². The van der Waals surface area contributed by atoms with Gasteiger partial charge in [0, 0.05) is 29.5 Å². The molecule has 0 bridgehead atoms. The fraction of sp³-hybridized carbons (Fsp3) is 0.364. The Bertz CT molecular complexity index is 964. The van der Waals surface area contributed by atoms with E-state index in [1.807, 2.05) is 48.0 Å². The van der Waals surface area contributed by atoms with Crippen LogP contribution in [0.4, 0.5) is 0 Å². The average molecular weight is 377 g/mol. The van der Waals surface area contributed by atoms with E-state index in [4.69, 9.17) is 9.84 Å². The lowest BCUT2D eigenvalue weighted by Gasteiger charge is -2.09. The van der Waals surface area contributed by atoms with Gasteiger partial charge in [0.05, 0.1) is 19.2 Å². The topological polar surface area (TPSA) is 60.9 Å². The molecule has 2 aromatic heterocycles. The van der Waals surface area contributed by atoms with Crippen molar-refractivity contribution in [3.05, 3.63) is 60.2 Å². The molecule has 0 saturated heterocycles. The summed E-state index contributed by atoms with van der Waals surface area (Å²) in [5, 5.41) is 4.89. The zero-order valence-corrected chi connectivity index (χ0v) is 16.3. The number of ether oxygens (including phenoxy) is 1. The highest BCUT2D eigenvalue weighted by molar-refractivity contribution is 5.98. The van der Waals surface area contributed by atoms with Crippen LogP contribution in [0.2, 0.25) is 0 Å². The number of Topliss-reactive ketones (excluding diaryl/α,β-unsaturated/α-hetero) is 1. The van der Waals surface area contributed by atoms with Gasteiger partial charge in [0.15, 0.2) is 6.04 Å². The van der Waals surface area contributed by atoms with Crippen molar-refractivity contribution in [3.63, 3.8) is 0 Å². The molecule has 144 valence electrons. The smallest absolute Gasteiger partial charge is 0.309 e. The number of carbonyl (C=O) groups is 1. The fourth-order valence-corrected chi connectivity index (χ4v) is 3.81. The minimum atomic E-state index is -0.372. The van der Waals surface area contributed by atoms with Gasteiger partial charge in [0.2, 0.25) is 11.6 Å². The Kier molecular flexibility index (Phi) is 5.19. The largest absolute Gasteiger partial charge is 0.497 e. The Labute approximate surface area is 164 Å². The Hall–Kier alpha value is -3.02. The van der Waals surface area contributed by atoms with E-state index in [2.05, 4.69) is 9.55 Å². The Morgan fingerprint density at radius 2 is 1.86 bits per heavy atom. The third-order valence-electron chi connectivity index (χ3n) is 5.38. The standard InChI is InChI=1S/C22H25N4O2/c1-16(21(27)17-7-9-19(28-2)10-8-17)26-20-6-4-3-5-15-25(20)22(24-26)18-11-13-23-14-12-18/h7-14,16H,3-6,15H2,1-2H3/q+1/t16-/m0/s1. The SMILES string of the molecule is COc1ccc(C(=O)[C@H](C)n2nc(-c3ccncc3)[n+]3c2CCCCC3)cc1. The van der Waals surface area contributed by atoms with Crippen molar-refractivity contribution in [1.29, 1.82) is 0 Å². The lowest BCUT2D eigenvalue weighted by atomic mass is 10.1. The predicted molar refractivity (Wildman–Crippen MR) is 105 cm³/mol. The molecule has 1 aromatic carbocycles. The first-order valence-corrected chi connectivity index (χ1v) is 9.79. The molecule has 0 amide bonds. The van der Waals surface area contributed by atoms with Crippen LogP contribution in [0.3, 0.4) is 0 Å². The molecule has 3 aromatic rings. The van der Waals surface area contributed by atoms with Crippen molar-refractivity contribution < 1.29 is 14.1 Å². The molecule has 1 atom stereocenters. The van der Waals surface area contributed by atoms with Gasteiger partial charge in [-0.05, 0) is 62.6 Å². The van der Waals surface area contributed by atoms with Crippen molar-refractivity contribution in [2.45, 2.75) is 45.2 Å². The second kappa shape index (κ2) is 7.92. The second-order valence-corrected chi connectivity index (χ2v) is 7.15. The maximum Gasteiger partial charge on any atom is 0.309 e. The molecule has 0 N–H and O–H groups in total. The lowest BCUT2D eigenvalue weighted by molar-refractivity contribution is -0.693. The Morgan fingerprint density at radius 1 is 1.11 bits per heavy atom. The van der Waals surface area contributed by atoms with Crippen LogP contribution in [0.1, 0.15) is 48.4 Å². The fourth-order valence-electron chi connectivity index (χ4n) is 3.81. The van der Waals surface area contributed by atoms with Crippen molar-refractivity contribution >= 4 is 5.78 Å². The molecule has 0 aliphatic carbocycles. The summed E-state index contributed by atoms with van der Waals surface area (Å²) in [7, 11) is 1.62. The number of aromatic nitrogens is 4. The van der Waals surface area contributed by atoms with E-state index in [9.17, 15) is 4.79 Å². The molecule has 28 heavy (non-hydrogen) atoms. The summed E-state index contributed by atoms with van der Waals surface area (Å²) < 4.78 is 9.40. The maximum atomic E-state index is 13.1. The lowest BCUT2D eigenvalue weighted by Crippen LogP contribution is -2.39. The molecule has 4 rings (SSSR count). The number of hydrogen-bond donors (Lipinski definition) is 0. The molecule has 0 unspecified atom stereocenters. The molecule has 6 nitrogen and oxygen atoms in total. The number of fused-ring (bicyclic) bond motifs is 1. The van der Waals surface area contributed by atoms with Gasteiger partial charge in [-0.1, -0.05) is 0 Å². The van der Waals surface area contributed by atoms with Gasteiger partial charge in [0.1, 0.15) is 5.75 Å². The van der Waals surface area contributed by atoms with E-state index in [0.717, 1.165) is 48.8 Å². The van der Waals surface area contributed by atoms with Crippen LogP contribution in [0, 0.1) is 0 Å². The quantitative estimate of drug-likeness (QED) is 0.505. The first-order chi connectivity index (χ1) is 13.7. The monoisotopic (exact) mass is 377 g/mol. The van der Waals surface area contributed by atoms with Gasteiger partial charge in [-0.2, -0.15) is 0 Å². The van der Waals surface area contributed by atoms with Gasteiger partial charge in [-0.25, -0.2) is 4.57 Å². The highest BCUT2D eigenvalue weighted by Crippen LogP contribution is 2.23. The zero-order chi connectivity index (χ0) is 19.5. The summed E-state index contributed by atoms with van der Waals surface area (Å²) in [5.74, 6) is 2.83. The summed E-state index contributed by atoms with van der Waals surface area (Å²) in [4.78, 5) is 17.3. The molecule has 3 heterocycles. The normalized spacial score (nSPS) is 14.8. The third kappa shape index (κ3) is 3.42. The van der Waals surface area contributed by atoms with E-state index in [0.29, 0.717) is 5.56 Å². The molecule has 1 aliphatic rings. The minimum absolute atomic E-state index is 0.0547. The summed E-state index contributed by atoms with van der Waals surface area (Å²) in [6.07, 6.45) is 7.93. The highest BCUT2D eigenvalue weighted by Gasteiger charge is 2.33.